The highest BCUT2D eigenvalue weighted by molar-refractivity contribution is 5.89. The molecule has 0 bridgehead atoms. The van der Waals surface area contributed by atoms with E-state index in [0.717, 1.165) is 31.9 Å². The van der Waals surface area contributed by atoms with Gasteiger partial charge in [-0.3, -0.25) is 0 Å². The van der Waals surface area contributed by atoms with Crippen LogP contribution in [0.5, 0.6) is 11.5 Å². The van der Waals surface area contributed by atoms with Crippen molar-refractivity contribution in [2.45, 2.75) is 12.8 Å². The number of piperidine rings is 1. The minimum Gasteiger partial charge on any atom is -0.497 e. The Morgan fingerprint density at radius 1 is 1.11 bits per heavy atom. The summed E-state index contributed by atoms with van der Waals surface area (Å²) in [6.07, 6.45) is 5.50. The molecule has 1 saturated heterocycles. The van der Waals surface area contributed by atoms with Gasteiger partial charge in [0.25, 0.3) is 0 Å². The summed E-state index contributed by atoms with van der Waals surface area (Å²) in [4.78, 5) is 23.0. The molecule has 144 valence electrons. The summed E-state index contributed by atoms with van der Waals surface area (Å²) in [6.45, 7) is 2.42. The van der Waals surface area contributed by atoms with Crippen LogP contribution in [0.25, 0.3) is 0 Å². The van der Waals surface area contributed by atoms with Crippen molar-refractivity contribution in [3.63, 3.8) is 0 Å². The number of amides is 2. The number of hydrogen-bond acceptors (Lipinski definition) is 6. The number of aromatic nitrogens is 2. The standard InChI is InChI=1S/C19H25N5O3/c1-26-16-10-15(11-17(12-16)27-2)23-19(25)22-13-14-4-8-24(9-5-14)18-20-6-3-7-21-18/h3,6-7,10-12,14H,4-5,8-9,13H2,1-2H3,(H2,22,23,25). The summed E-state index contributed by atoms with van der Waals surface area (Å²) < 4.78 is 10.4. The first-order chi connectivity index (χ1) is 13.2. The Kier molecular flexibility index (Phi) is 6.30. The fourth-order valence-electron chi connectivity index (χ4n) is 3.08. The summed E-state index contributed by atoms with van der Waals surface area (Å²) in [5.74, 6) is 2.46. The molecule has 8 nitrogen and oxygen atoms in total. The van der Waals surface area contributed by atoms with E-state index >= 15 is 0 Å². The minimum absolute atomic E-state index is 0.237. The molecule has 1 fully saturated rings. The highest BCUT2D eigenvalue weighted by atomic mass is 16.5. The number of rotatable bonds is 6. The monoisotopic (exact) mass is 371 g/mol. The number of methoxy groups -OCH3 is 2. The minimum atomic E-state index is -0.237. The van der Waals surface area contributed by atoms with E-state index in [2.05, 4.69) is 25.5 Å². The number of carbonyl (C=O) groups is 1. The first-order valence-electron chi connectivity index (χ1n) is 8.98. The third kappa shape index (κ3) is 5.22. The van der Waals surface area contributed by atoms with Crippen LogP contribution in [0.3, 0.4) is 0 Å². The second kappa shape index (κ2) is 9.07. The molecule has 27 heavy (non-hydrogen) atoms. The van der Waals surface area contributed by atoms with Crippen molar-refractivity contribution in [3.05, 3.63) is 36.7 Å². The second-order valence-electron chi connectivity index (χ2n) is 6.42. The molecule has 0 aliphatic carbocycles. The van der Waals surface area contributed by atoms with Crippen LogP contribution in [0.15, 0.2) is 36.7 Å². The Labute approximate surface area is 158 Å². The number of urea groups is 1. The molecule has 2 heterocycles. The van der Waals surface area contributed by atoms with E-state index in [4.69, 9.17) is 9.47 Å². The summed E-state index contributed by atoms with van der Waals surface area (Å²) in [6, 6.07) is 6.84. The molecule has 8 heteroatoms. The van der Waals surface area contributed by atoms with Crippen LogP contribution >= 0.6 is 0 Å². The van der Waals surface area contributed by atoms with Gasteiger partial charge in [-0.2, -0.15) is 0 Å². The zero-order valence-electron chi connectivity index (χ0n) is 15.6. The normalized spacial score (nSPS) is 14.5. The largest absolute Gasteiger partial charge is 0.497 e. The maximum absolute atomic E-state index is 12.2. The lowest BCUT2D eigenvalue weighted by Gasteiger charge is -2.31. The third-order valence-electron chi connectivity index (χ3n) is 4.61. The molecule has 2 N–H and O–H groups in total. The van der Waals surface area contributed by atoms with Crippen LogP contribution in [-0.2, 0) is 0 Å². The number of hydrogen-bond donors (Lipinski definition) is 2. The molecule has 2 aromatic rings. The molecule has 0 unspecified atom stereocenters. The van der Waals surface area contributed by atoms with Gasteiger partial charge in [-0.1, -0.05) is 0 Å². The van der Waals surface area contributed by atoms with Crippen molar-refractivity contribution in [2.75, 3.05) is 44.1 Å². The van der Waals surface area contributed by atoms with Crippen molar-refractivity contribution in [2.24, 2.45) is 5.92 Å². The smallest absolute Gasteiger partial charge is 0.319 e. The van der Waals surface area contributed by atoms with Gasteiger partial charge in [-0.05, 0) is 24.8 Å². The van der Waals surface area contributed by atoms with Crippen LogP contribution in [0.1, 0.15) is 12.8 Å². The summed E-state index contributed by atoms with van der Waals surface area (Å²) in [5, 5.41) is 5.77. The van der Waals surface area contributed by atoms with E-state index < -0.39 is 0 Å². The lowest BCUT2D eigenvalue weighted by Crippen LogP contribution is -2.40. The topological polar surface area (TPSA) is 88.6 Å². The molecule has 1 aromatic heterocycles. The van der Waals surface area contributed by atoms with E-state index in [-0.39, 0.29) is 6.03 Å². The SMILES string of the molecule is COc1cc(NC(=O)NCC2CCN(c3ncccn3)CC2)cc(OC)c1. The Balaban J connectivity index is 1.45. The average Bonchev–Trinajstić information content (AvgIpc) is 2.73. The molecule has 0 atom stereocenters. The molecule has 3 rings (SSSR count). The average molecular weight is 371 g/mol. The number of nitrogens with zero attached hydrogens (tertiary/aromatic N) is 3. The van der Waals surface area contributed by atoms with Crippen LogP contribution < -0.4 is 25.0 Å². The highest BCUT2D eigenvalue weighted by Crippen LogP contribution is 2.25. The van der Waals surface area contributed by atoms with E-state index in [1.807, 2.05) is 6.07 Å². The number of benzene rings is 1. The highest BCUT2D eigenvalue weighted by Gasteiger charge is 2.21. The van der Waals surface area contributed by atoms with E-state index in [9.17, 15) is 4.79 Å². The summed E-state index contributed by atoms with van der Waals surface area (Å²) in [5.41, 5.74) is 0.625. The lowest BCUT2D eigenvalue weighted by atomic mass is 9.97. The molecule has 0 radical (unpaired) electrons. The summed E-state index contributed by atoms with van der Waals surface area (Å²) >= 11 is 0. The number of anilines is 2. The first-order valence-corrected chi connectivity index (χ1v) is 8.98. The Morgan fingerprint density at radius 2 is 1.74 bits per heavy atom. The third-order valence-corrected chi connectivity index (χ3v) is 4.61. The van der Waals surface area contributed by atoms with Crippen LogP contribution in [0.2, 0.25) is 0 Å². The van der Waals surface area contributed by atoms with Crippen LogP contribution in [0.4, 0.5) is 16.4 Å². The van der Waals surface area contributed by atoms with E-state index in [0.29, 0.717) is 29.6 Å². The lowest BCUT2D eigenvalue weighted by molar-refractivity contribution is 0.248. The predicted molar refractivity (Wildman–Crippen MR) is 104 cm³/mol. The van der Waals surface area contributed by atoms with E-state index in [1.54, 1.807) is 44.8 Å². The van der Waals surface area contributed by atoms with Gasteiger partial charge >= 0.3 is 6.03 Å². The molecule has 0 saturated carbocycles. The second-order valence-corrected chi connectivity index (χ2v) is 6.42. The molecule has 1 aliphatic rings. The van der Waals surface area contributed by atoms with Gasteiger partial charge in [-0.15, -0.1) is 0 Å². The zero-order valence-corrected chi connectivity index (χ0v) is 15.6. The molecule has 1 aromatic carbocycles. The maximum atomic E-state index is 12.2. The van der Waals surface area contributed by atoms with Gasteiger partial charge in [0.15, 0.2) is 0 Å². The van der Waals surface area contributed by atoms with Gasteiger partial charge in [-0.25, -0.2) is 14.8 Å². The van der Waals surface area contributed by atoms with Crippen molar-refractivity contribution >= 4 is 17.7 Å². The van der Waals surface area contributed by atoms with Gasteiger partial charge in [0.1, 0.15) is 11.5 Å². The number of ether oxygens (including phenoxy) is 2. The van der Waals surface area contributed by atoms with Gasteiger partial charge in [0, 0.05) is 55.9 Å². The Morgan fingerprint density at radius 3 is 2.33 bits per heavy atom. The van der Waals surface area contributed by atoms with Crippen molar-refractivity contribution in [1.29, 1.82) is 0 Å². The zero-order chi connectivity index (χ0) is 19.1. The molecule has 1 aliphatic heterocycles. The first kappa shape index (κ1) is 18.8. The maximum Gasteiger partial charge on any atom is 0.319 e. The van der Waals surface area contributed by atoms with Crippen molar-refractivity contribution < 1.29 is 14.3 Å². The van der Waals surface area contributed by atoms with Crippen molar-refractivity contribution in [3.8, 4) is 11.5 Å². The predicted octanol–water partition coefficient (Wildman–Crippen LogP) is 2.53. The molecule has 2 amide bonds. The van der Waals surface area contributed by atoms with Crippen LogP contribution in [0, 0.1) is 5.92 Å². The van der Waals surface area contributed by atoms with Gasteiger partial charge in [0.2, 0.25) is 5.95 Å². The van der Waals surface area contributed by atoms with E-state index in [1.165, 1.54) is 0 Å². The Bertz CT molecular complexity index is 726. The van der Waals surface area contributed by atoms with Gasteiger partial charge in [0.05, 0.1) is 14.2 Å². The molecular weight excluding hydrogens is 346 g/mol. The quantitative estimate of drug-likeness (QED) is 0.811. The number of nitrogens with one attached hydrogen (secondary N) is 2. The fraction of sp³-hybridized carbons (Fsp3) is 0.421. The number of carbonyl (C=O) groups excluding carboxylic acids is 1. The van der Waals surface area contributed by atoms with Crippen LogP contribution in [-0.4, -0.2) is 49.9 Å². The van der Waals surface area contributed by atoms with Gasteiger partial charge < -0.3 is 25.0 Å². The van der Waals surface area contributed by atoms with Crippen molar-refractivity contribution in [1.82, 2.24) is 15.3 Å². The Hall–Kier alpha value is -3.03. The summed E-state index contributed by atoms with van der Waals surface area (Å²) in [7, 11) is 3.15. The fourth-order valence-corrected chi connectivity index (χ4v) is 3.08. The molecular formula is C19H25N5O3. The molecule has 0 spiro atoms.